The molecule has 0 spiro atoms. The predicted molar refractivity (Wildman–Crippen MR) is 186 cm³/mol. The first-order valence-electron chi connectivity index (χ1n) is 17.2. The van der Waals surface area contributed by atoms with Crippen LogP contribution < -0.4 is 0 Å². The number of hydrogen-bond acceptors (Lipinski definition) is 5. The number of benzene rings is 2. The molecular weight excluding hydrogens is 568 g/mol. The fraction of sp³-hybridized carbons (Fsp3) is 0.390. The molecule has 0 radical (unpaired) electrons. The fourth-order valence-electron chi connectivity index (χ4n) is 7.76. The minimum Gasteiger partial charge on any atom is -0.378 e. The number of hydrogen-bond donors (Lipinski definition) is 0. The third-order valence-electron chi connectivity index (χ3n) is 9.90. The molecule has 2 aromatic rings. The van der Waals surface area contributed by atoms with E-state index in [0.29, 0.717) is 5.92 Å². The largest absolute Gasteiger partial charge is 0.378 e. The summed E-state index contributed by atoms with van der Waals surface area (Å²) in [7, 11) is 0. The van der Waals surface area contributed by atoms with Crippen molar-refractivity contribution in [1.82, 2.24) is 9.80 Å². The second-order valence-electron chi connectivity index (χ2n) is 13.3. The van der Waals surface area contributed by atoms with Crippen molar-refractivity contribution in [3.8, 4) is 0 Å². The molecule has 3 aliphatic carbocycles. The molecule has 238 valence electrons. The molecule has 2 saturated heterocycles. The lowest BCUT2D eigenvalue weighted by Crippen LogP contribution is -2.36. The Bertz CT molecular complexity index is 1490. The lowest BCUT2D eigenvalue weighted by atomic mass is 9.80. The van der Waals surface area contributed by atoms with Gasteiger partial charge in [-0.05, 0) is 102 Å². The summed E-state index contributed by atoms with van der Waals surface area (Å²) in [6, 6.07) is 21.2. The van der Waals surface area contributed by atoms with Gasteiger partial charge in [-0.3, -0.25) is 4.79 Å². The van der Waals surface area contributed by atoms with Gasteiger partial charge in [0.1, 0.15) is 0 Å². The molecule has 7 rings (SSSR count). The quantitative estimate of drug-likeness (QED) is 0.311. The number of rotatable bonds is 6. The van der Waals surface area contributed by atoms with Crippen LogP contribution in [-0.2, 0) is 14.3 Å². The molecule has 0 atom stereocenters. The molecule has 0 amide bonds. The van der Waals surface area contributed by atoms with Gasteiger partial charge in [-0.15, -0.1) is 0 Å². The van der Waals surface area contributed by atoms with Gasteiger partial charge in [0, 0.05) is 48.7 Å². The molecule has 5 nitrogen and oxygen atoms in total. The first-order valence-corrected chi connectivity index (χ1v) is 17.2. The van der Waals surface area contributed by atoms with E-state index in [-0.39, 0.29) is 5.78 Å². The van der Waals surface area contributed by atoms with Crippen molar-refractivity contribution >= 4 is 17.9 Å². The minimum absolute atomic E-state index is 0.238. The molecule has 0 unspecified atom stereocenters. The Morgan fingerprint density at radius 2 is 0.978 bits per heavy atom. The highest BCUT2D eigenvalue weighted by Crippen LogP contribution is 2.41. The van der Waals surface area contributed by atoms with Gasteiger partial charge >= 0.3 is 0 Å². The third-order valence-corrected chi connectivity index (χ3v) is 9.90. The number of ether oxygens (including phenoxy) is 2. The zero-order valence-corrected chi connectivity index (χ0v) is 27.2. The molecule has 0 aromatic heterocycles. The molecule has 2 aliphatic heterocycles. The number of Topliss-reactive ketones (excluding diaryl/α,β-unsaturated/α-hetero) is 1. The van der Waals surface area contributed by atoms with E-state index >= 15 is 0 Å². The van der Waals surface area contributed by atoms with Crippen LogP contribution in [0.3, 0.4) is 0 Å². The molecule has 3 fully saturated rings. The van der Waals surface area contributed by atoms with E-state index in [1.54, 1.807) is 0 Å². The van der Waals surface area contributed by atoms with Crippen LogP contribution in [0.15, 0.2) is 118 Å². The molecule has 1 saturated carbocycles. The Balaban J connectivity index is 1.24. The molecule has 5 heteroatoms. The number of ketones is 1. The summed E-state index contributed by atoms with van der Waals surface area (Å²) in [6.07, 6.45) is 14.8. The minimum atomic E-state index is 0.238. The number of nitrogens with zero attached hydrogens (tertiary/aromatic N) is 2. The van der Waals surface area contributed by atoms with Gasteiger partial charge in [-0.2, -0.15) is 0 Å². The van der Waals surface area contributed by atoms with Crippen LogP contribution in [-0.4, -0.2) is 68.2 Å². The lowest BCUT2D eigenvalue weighted by molar-refractivity contribution is -0.113. The van der Waals surface area contributed by atoms with Gasteiger partial charge in [0.2, 0.25) is 0 Å². The van der Waals surface area contributed by atoms with Crippen molar-refractivity contribution in [2.75, 3.05) is 52.6 Å². The Hall–Kier alpha value is -3.93. The Morgan fingerprint density at radius 3 is 1.39 bits per heavy atom. The van der Waals surface area contributed by atoms with Crippen LogP contribution in [0.4, 0.5) is 0 Å². The normalized spacial score (nSPS) is 26.5. The highest BCUT2D eigenvalue weighted by Gasteiger charge is 2.31. The fourth-order valence-corrected chi connectivity index (χ4v) is 7.76. The summed E-state index contributed by atoms with van der Waals surface area (Å²) < 4.78 is 11.4. The highest BCUT2D eigenvalue weighted by atomic mass is 16.5. The summed E-state index contributed by atoms with van der Waals surface area (Å²) in [5.41, 5.74) is 12.4. The van der Waals surface area contributed by atoms with E-state index in [9.17, 15) is 4.79 Å². The Kier molecular flexibility index (Phi) is 9.50. The smallest absolute Gasteiger partial charge is 0.185 e. The van der Waals surface area contributed by atoms with Gasteiger partial charge < -0.3 is 19.3 Å². The summed E-state index contributed by atoms with van der Waals surface area (Å²) in [5.74, 6) is 0.665. The van der Waals surface area contributed by atoms with Crippen molar-refractivity contribution < 1.29 is 14.3 Å². The third kappa shape index (κ3) is 6.91. The van der Waals surface area contributed by atoms with Crippen LogP contribution in [0.2, 0.25) is 0 Å². The zero-order chi connectivity index (χ0) is 31.3. The number of carbonyl (C=O) groups is 1. The summed E-state index contributed by atoms with van der Waals surface area (Å²) in [6.45, 7) is 8.84. The summed E-state index contributed by atoms with van der Waals surface area (Å²) >= 11 is 0. The Labute approximate surface area is 274 Å². The topological polar surface area (TPSA) is 42.0 Å². The van der Waals surface area contributed by atoms with Crippen LogP contribution in [0.25, 0.3) is 12.2 Å². The van der Waals surface area contributed by atoms with Gasteiger partial charge in [0.05, 0.1) is 26.4 Å². The zero-order valence-electron chi connectivity index (χ0n) is 27.2. The van der Waals surface area contributed by atoms with Gasteiger partial charge in [-0.25, -0.2) is 0 Å². The van der Waals surface area contributed by atoms with E-state index in [4.69, 9.17) is 9.47 Å². The molecular formula is C41H46N2O3. The maximum absolute atomic E-state index is 14.3. The van der Waals surface area contributed by atoms with Crippen LogP contribution >= 0.6 is 0 Å². The Morgan fingerprint density at radius 1 is 0.565 bits per heavy atom. The van der Waals surface area contributed by atoms with Crippen molar-refractivity contribution in [1.29, 1.82) is 0 Å². The van der Waals surface area contributed by atoms with Crippen molar-refractivity contribution in [3.63, 3.8) is 0 Å². The maximum atomic E-state index is 14.3. The SMILES string of the molecule is CC1CC(=CC2=C(N3CCOCC3)C(=Cc3ccccc3)CC2)C(=O)C(=CC2=C(N3CCOCC3)C(=Cc3ccccc3)CC2)C1. The van der Waals surface area contributed by atoms with Crippen molar-refractivity contribution in [3.05, 3.63) is 129 Å². The predicted octanol–water partition coefficient (Wildman–Crippen LogP) is 7.77. The molecule has 0 bridgehead atoms. The van der Waals surface area contributed by atoms with Crippen molar-refractivity contribution in [2.45, 2.75) is 45.4 Å². The van der Waals surface area contributed by atoms with E-state index in [1.165, 1.54) is 44.8 Å². The average Bonchev–Trinajstić information content (AvgIpc) is 3.68. The van der Waals surface area contributed by atoms with Crippen LogP contribution in [0, 0.1) is 5.92 Å². The molecule has 0 N–H and O–H groups in total. The maximum Gasteiger partial charge on any atom is 0.185 e. The van der Waals surface area contributed by atoms with E-state index in [1.807, 2.05) is 0 Å². The number of morpholine rings is 2. The second kappa shape index (κ2) is 14.2. The van der Waals surface area contributed by atoms with Gasteiger partial charge in [0.15, 0.2) is 5.78 Å². The average molecular weight is 615 g/mol. The first-order chi connectivity index (χ1) is 22.6. The molecule has 2 aromatic carbocycles. The second-order valence-corrected chi connectivity index (χ2v) is 13.3. The molecule has 46 heavy (non-hydrogen) atoms. The van der Waals surface area contributed by atoms with E-state index in [2.05, 4.69) is 102 Å². The molecule has 2 heterocycles. The van der Waals surface area contributed by atoms with Gasteiger partial charge in [-0.1, -0.05) is 67.6 Å². The monoisotopic (exact) mass is 614 g/mol. The number of carbonyl (C=O) groups excluding carboxylic acids is 1. The summed E-state index contributed by atoms with van der Waals surface area (Å²) in [5, 5.41) is 0. The van der Waals surface area contributed by atoms with E-state index in [0.717, 1.165) is 102 Å². The standard InChI is InChI=1S/C41H46N2O3/c1-30-24-37(28-35-14-12-33(26-31-8-4-2-5-9-31)39(35)42-16-20-45-21-17-42)41(44)38(25-30)29-36-15-13-34(27-32-10-6-3-7-11-32)40(36)43-18-22-46-23-19-43/h2-11,26-30H,12-25H2,1H3. The van der Waals surface area contributed by atoms with Gasteiger partial charge in [0.25, 0.3) is 0 Å². The summed E-state index contributed by atoms with van der Waals surface area (Å²) in [4.78, 5) is 19.3. The van der Waals surface area contributed by atoms with E-state index < -0.39 is 0 Å². The van der Waals surface area contributed by atoms with Crippen LogP contribution in [0.1, 0.15) is 56.6 Å². The van der Waals surface area contributed by atoms with Crippen LogP contribution in [0.5, 0.6) is 0 Å². The lowest BCUT2D eigenvalue weighted by Gasteiger charge is -2.32. The highest BCUT2D eigenvalue weighted by molar-refractivity contribution is 6.09. The number of allylic oxidation sites excluding steroid dienone is 8. The van der Waals surface area contributed by atoms with Crippen molar-refractivity contribution in [2.24, 2.45) is 5.92 Å². The molecule has 5 aliphatic rings. The first kappa shape index (κ1) is 30.7.